The molecule has 5 heteroatoms. The Morgan fingerprint density at radius 2 is 1.21 bits per heavy atom. The standard InChI is InChI=1S/C34H21N3O.Pt/c1-3-16-33-28(12-1)27-19-18-25(30-14-6-8-21-36-30)23-32(27)37(31-15-2-4-17-34(31)38-33)26-11-9-10-24(22-26)29-13-5-7-20-35-29;/h1-21H;/q-2;+2. The molecule has 0 aliphatic heterocycles. The van der Waals surface area contributed by atoms with Crippen LogP contribution in [0.15, 0.2) is 132 Å². The van der Waals surface area contributed by atoms with Crippen LogP contribution >= 0.6 is 0 Å². The van der Waals surface area contributed by atoms with E-state index in [1.165, 1.54) is 0 Å². The zero-order valence-electron chi connectivity index (χ0n) is 20.7. The molecule has 0 unspecified atom stereocenters. The quantitative estimate of drug-likeness (QED) is 0.176. The van der Waals surface area contributed by atoms with Gasteiger partial charge in [-0.1, -0.05) is 60.0 Å². The molecule has 7 rings (SSSR count). The van der Waals surface area contributed by atoms with Gasteiger partial charge in [0, 0.05) is 12.4 Å². The number of rotatable bonds is 3. The van der Waals surface area contributed by atoms with Crippen LogP contribution in [0.3, 0.4) is 0 Å². The molecule has 0 spiro atoms. The molecule has 7 aromatic rings. The molecular weight excluding hydrogens is 661 g/mol. The Labute approximate surface area is 240 Å². The molecule has 0 saturated carbocycles. The largest absolute Gasteiger partial charge is 2.00 e. The number of hydrogen-bond acceptors (Lipinski definition) is 3. The molecule has 39 heavy (non-hydrogen) atoms. The minimum absolute atomic E-state index is 0. The van der Waals surface area contributed by atoms with Gasteiger partial charge in [-0.2, -0.15) is 0 Å². The van der Waals surface area contributed by atoms with Crippen LogP contribution < -0.4 is 0 Å². The number of pyridine rings is 2. The summed E-state index contributed by atoms with van der Waals surface area (Å²) in [4.78, 5) is 9.14. The van der Waals surface area contributed by atoms with Crippen molar-refractivity contribution in [3.05, 3.63) is 140 Å². The van der Waals surface area contributed by atoms with Gasteiger partial charge in [0.1, 0.15) is 5.58 Å². The smallest absolute Gasteiger partial charge is 0.455 e. The third-order valence-electron chi connectivity index (χ3n) is 6.55. The van der Waals surface area contributed by atoms with E-state index in [0.717, 1.165) is 61.2 Å². The SMILES string of the molecule is [Pt+2].[c-]1c(-c2ccccn2)cccc1-n1c2[c-]c(-c3ccccn3)ccc2c2ccccc2oc2ccccc21. The molecule has 0 N–H and O–H groups in total. The number of hydrogen-bond donors (Lipinski definition) is 0. The van der Waals surface area contributed by atoms with Crippen molar-refractivity contribution in [2.24, 2.45) is 0 Å². The molecule has 4 aromatic carbocycles. The maximum absolute atomic E-state index is 6.53. The van der Waals surface area contributed by atoms with Gasteiger partial charge in [-0.3, -0.25) is 0 Å². The minimum atomic E-state index is 0. The van der Waals surface area contributed by atoms with Crippen molar-refractivity contribution in [1.29, 1.82) is 0 Å². The van der Waals surface area contributed by atoms with E-state index in [2.05, 4.69) is 57.0 Å². The second kappa shape index (κ2) is 10.7. The van der Waals surface area contributed by atoms with Gasteiger partial charge in [0.05, 0.1) is 5.52 Å². The molecule has 0 amide bonds. The van der Waals surface area contributed by atoms with E-state index in [0.29, 0.717) is 0 Å². The van der Waals surface area contributed by atoms with Crippen LogP contribution in [0.1, 0.15) is 0 Å². The van der Waals surface area contributed by atoms with Crippen LogP contribution in [0.5, 0.6) is 0 Å². The Morgan fingerprint density at radius 1 is 0.538 bits per heavy atom. The fraction of sp³-hybridized carbons (Fsp3) is 0. The number of para-hydroxylation sites is 3. The van der Waals surface area contributed by atoms with Crippen molar-refractivity contribution in [1.82, 2.24) is 14.5 Å². The van der Waals surface area contributed by atoms with E-state index < -0.39 is 0 Å². The van der Waals surface area contributed by atoms with Gasteiger partial charge in [0.15, 0.2) is 5.58 Å². The van der Waals surface area contributed by atoms with Crippen molar-refractivity contribution < 1.29 is 25.5 Å². The van der Waals surface area contributed by atoms with Crippen molar-refractivity contribution in [3.63, 3.8) is 0 Å². The second-order valence-electron chi connectivity index (χ2n) is 8.92. The first-order valence-electron chi connectivity index (χ1n) is 12.4. The van der Waals surface area contributed by atoms with Crippen molar-refractivity contribution in [2.75, 3.05) is 0 Å². The molecule has 3 heterocycles. The van der Waals surface area contributed by atoms with Gasteiger partial charge < -0.3 is 19.0 Å². The zero-order valence-corrected chi connectivity index (χ0v) is 23.0. The molecule has 4 nitrogen and oxygen atoms in total. The predicted octanol–water partition coefficient (Wildman–Crippen LogP) is 8.38. The average molecular weight is 683 g/mol. The van der Waals surface area contributed by atoms with Gasteiger partial charge in [0.2, 0.25) is 0 Å². The van der Waals surface area contributed by atoms with E-state index in [9.17, 15) is 0 Å². The molecule has 188 valence electrons. The van der Waals surface area contributed by atoms with E-state index in [1.54, 1.807) is 12.4 Å². The summed E-state index contributed by atoms with van der Waals surface area (Å²) < 4.78 is 8.69. The van der Waals surface area contributed by atoms with Crippen LogP contribution in [0.25, 0.3) is 61.2 Å². The summed E-state index contributed by atoms with van der Waals surface area (Å²) in [6, 6.07) is 45.7. The minimum Gasteiger partial charge on any atom is -0.455 e. The Balaban J connectivity index is 0.00000277. The Morgan fingerprint density at radius 3 is 1.95 bits per heavy atom. The Bertz CT molecular complexity index is 1980. The van der Waals surface area contributed by atoms with Crippen molar-refractivity contribution in [3.8, 4) is 28.2 Å². The first-order chi connectivity index (χ1) is 18.8. The van der Waals surface area contributed by atoms with Crippen molar-refractivity contribution >= 4 is 33.0 Å². The topological polar surface area (TPSA) is 43.9 Å². The fourth-order valence-corrected chi connectivity index (χ4v) is 4.80. The fourth-order valence-electron chi connectivity index (χ4n) is 4.80. The van der Waals surface area contributed by atoms with Crippen molar-refractivity contribution in [2.45, 2.75) is 0 Å². The monoisotopic (exact) mass is 682 g/mol. The molecule has 0 aliphatic carbocycles. The molecule has 0 radical (unpaired) electrons. The molecular formula is C34H21N3OPt. The summed E-state index contributed by atoms with van der Waals surface area (Å²) in [6.07, 6.45) is 3.61. The summed E-state index contributed by atoms with van der Waals surface area (Å²) in [7, 11) is 0. The van der Waals surface area contributed by atoms with E-state index in [1.807, 2.05) is 84.9 Å². The average Bonchev–Trinajstić information content (AvgIpc) is 2.99. The Kier molecular flexibility index (Phi) is 6.79. The van der Waals surface area contributed by atoms with Gasteiger partial charge >= 0.3 is 21.1 Å². The molecule has 3 aromatic heterocycles. The number of aromatic nitrogens is 3. The molecule has 0 saturated heterocycles. The van der Waals surface area contributed by atoms with E-state index in [4.69, 9.17) is 4.42 Å². The Hall–Kier alpha value is -4.53. The maximum atomic E-state index is 6.53. The maximum Gasteiger partial charge on any atom is 2.00 e. The molecule has 0 fully saturated rings. The van der Waals surface area contributed by atoms with Gasteiger partial charge in [0.25, 0.3) is 0 Å². The van der Waals surface area contributed by atoms with Gasteiger partial charge in [-0.05, 0) is 58.3 Å². The van der Waals surface area contributed by atoms with Gasteiger partial charge in [-0.25, -0.2) is 0 Å². The summed E-state index contributed by atoms with van der Waals surface area (Å²) in [5.41, 5.74) is 7.74. The number of benzene rings is 4. The molecule has 0 aliphatic rings. The third-order valence-corrected chi connectivity index (χ3v) is 6.55. The van der Waals surface area contributed by atoms with Crippen LogP contribution in [-0.2, 0) is 21.1 Å². The second-order valence-corrected chi connectivity index (χ2v) is 8.92. The summed E-state index contributed by atoms with van der Waals surface area (Å²) in [5.74, 6) is 0. The van der Waals surface area contributed by atoms with Crippen LogP contribution in [0, 0.1) is 12.1 Å². The summed E-state index contributed by atoms with van der Waals surface area (Å²) in [6.45, 7) is 0. The summed E-state index contributed by atoms with van der Waals surface area (Å²) in [5, 5.41) is 2.00. The zero-order chi connectivity index (χ0) is 25.3. The van der Waals surface area contributed by atoms with Crippen LogP contribution in [-0.4, -0.2) is 14.5 Å². The summed E-state index contributed by atoms with van der Waals surface area (Å²) >= 11 is 0. The van der Waals surface area contributed by atoms with Gasteiger partial charge in [-0.15, -0.1) is 53.6 Å². The van der Waals surface area contributed by atoms with E-state index in [-0.39, 0.29) is 21.1 Å². The first kappa shape index (κ1) is 24.8. The third kappa shape index (κ3) is 4.65. The number of nitrogens with zero attached hydrogens (tertiary/aromatic N) is 3. The number of fused-ring (bicyclic) bond motifs is 4. The predicted molar refractivity (Wildman–Crippen MR) is 152 cm³/mol. The first-order valence-corrected chi connectivity index (χ1v) is 12.4. The van der Waals surface area contributed by atoms with Crippen LogP contribution in [0.2, 0.25) is 0 Å². The molecule has 0 atom stereocenters. The van der Waals surface area contributed by atoms with E-state index >= 15 is 0 Å². The normalized spacial score (nSPS) is 10.9. The van der Waals surface area contributed by atoms with Crippen LogP contribution in [0.4, 0.5) is 0 Å². The molecule has 0 bridgehead atoms.